The molecular weight excluding hydrogens is 235 g/mol. The molecule has 0 bridgehead atoms. The number of hydrogen-bond donors (Lipinski definition) is 0. The topological polar surface area (TPSA) is 9.23 Å². The van der Waals surface area contributed by atoms with Gasteiger partial charge in [0.1, 0.15) is 19.0 Å². The van der Waals surface area contributed by atoms with Crippen LogP contribution in [0.15, 0.2) is 18.2 Å². The van der Waals surface area contributed by atoms with E-state index in [9.17, 15) is 4.39 Å². The molecule has 0 unspecified atom stereocenters. The summed E-state index contributed by atoms with van der Waals surface area (Å²) in [7, 11) is 0. The largest absolute Gasteiger partial charge is 0.491 e. The minimum absolute atomic E-state index is 0.128. The molecule has 1 aromatic carbocycles. The van der Waals surface area contributed by atoms with Crippen molar-refractivity contribution in [2.45, 2.75) is 12.3 Å². The second-order valence-corrected chi connectivity index (χ2v) is 3.34. The van der Waals surface area contributed by atoms with Crippen molar-refractivity contribution in [2.75, 3.05) is 13.3 Å². The van der Waals surface area contributed by atoms with Crippen molar-refractivity contribution < 1.29 is 9.13 Å². The van der Waals surface area contributed by atoms with Crippen LogP contribution in [0.1, 0.15) is 11.1 Å². The van der Waals surface area contributed by atoms with Gasteiger partial charge in [-0.3, -0.25) is 0 Å². The van der Waals surface area contributed by atoms with E-state index < -0.39 is 6.67 Å². The summed E-state index contributed by atoms with van der Waals surface area (Å²) in [4.78, 5) is 0. The number of rotatable bonds is 4. The lowest BCUT2D eigenvalue weighted by molar-refractivity contribution is 0.271. The van der Waals surface area contributed by atoms with E-state index in [-0.39, 0.29) is 6.61 Å². The van der Waals surface area contributed by atoms with Gasteiger partial charge in [-0.25, -0.2) is 4.39 Å². The van der Waals surface area contributed by atoms with Crippen LogP contribution in [0.3, 0.4) is 0 Å². The van der Waals surface area contributed by atoms with Gasteiger partial charge in [0.25, 0.3) is 0 Å². The van der Waals surface area contributed by atoms with Crippen LogP contribution in [0.25, 0.3) is 0 Å². The van der Waals surface area contributed by atoms with Crippen molar-refractivity contribution >= 4 is 15.9 Å². The Morgan fingerprint density at radius 1 is 1.46 bits per heavy atom. The highest BCUT2D eigenvalue weighted by atomic mass is 79.9. The van der Waals surface area contributed by atoms with Gasteiger partial charge >= 0.3 is 0 Å². The van der Waals surface area contributed by atoms with Gasteiger partial charge in [0.05, 0.1) is 0 Å². The molecule has 0 heterocycles. The number of halogens is 2. The highest BCUT2D eigenvalue weighted by Crippen LogP contribution is 2.22. The average Bonchev–Trinajstić information content (AvgIpc) is 2.16. The SMILES string of the molecule is Cc1ccc(OCCF)c(CBr)c1. The van der Waals surface area contributed by atoms with Crippen molar-refractivity contribution in [3.05, 3.63) is 29.3 Å². The van der Waals surface area contributed by atoms with E-state index in [1.165, 1.54) is 5.56 Å². The quantitative estimate of drug-likeness (QED) is 0.742. The van der Waals surface area contributed by atoms with Crippen molar-refractivity contribution in [2.24, 2.45) is 0 Å². The van der Waals surface area contributed by atoms with Crippen LogP contribution in [0.5, 0.6) is 5.75 Å². The summed E-state index contributed by atoms with van der Waals surface area (Å²) in [5.74, 6) is 0.764. The van der Waals surface area contributed by atoms with Crippen LogP contribution in [0, 0.1) is 6.92 Å². The van der Waals surface area contributed by atoms with Gasteiger partial charge in [-0.05, 0) is 13.0 Å². The molecule has 0 aliphatic rings. The van der Waals surface area contributed by atoms with Gasteiger partial charge in [-0.15, -0.1) is 0 Å². The number of alkyl halides is 2. The molecule has 0 atom stereocenters. The Hall–Kier alpha value is -0.570. The third kappa shape index (κ3) is 2.99. The summed E-state index contributed by atoms with van der Waals surface area (Å²) in [5.41, 5.74) is 2.25. The lowest BCUT2D eigenvalue weighted by Gasteiger charge is -2.08. The summed E-state index contributed by atoms with van der Waals surface area (Å²) < 4.78 is 17.1. The smallest absolute Gasteiger partial charge is 0.123 e. The van der Waals surface area contributed by atoms with Crippen LogP contribution in [-0.4, -0.2) is 13.3 Å². The second-order valence-electron chi connectivity index (χ2n) is 2.78. The van der Waals surface area contributed by atoms with Crippen LogP contribution >= 0.6 is 15.9 Å². The Morgan fingerprint density at radius 2 is 2.23 bits per heavy atom. The predicted molar refractivity (Wildman–Crippen MR) is 55.3 cm³/mol. The van der Waals surface area contributed by atoms with Gasteiger partial charge in [0.15, 0.2) is 0 Å². The number of hydrogen-bond acceptors (Lipinski definition) is 1. The molecule has 1 rings (SSSR count). The molecule has 0 saturated heterocycles. The Balaban J connectivity index is 2.79. The predicted octanol–water partition coefficient (Wildman–Crippen LogP) is 3.24. The maximum absolute atomic E-state index is 11.9. The molecule has 0 fully saturated rings. The van der Waals surface area contributed by atoms with Crippen LogP contribution in [-0.2, 0) is 5.33 Å². The minimum Gasteiger partial charge on any atom is -0.491 e. The van der Waals surface area contributed by atoms with E-state index >= 15 is 0 Å². The number of ether oxygens (including phenoxy) is 1. The lowest BCUT2D eigenvalue weighted by Crippen LogP contribution is -2.00. The summed E-state index contributed by atoms with van der Waals surface area (Å²) in [6, 6.07) is 5.86. The second kappa shape index (κ2) is 5.22. The fraction of sp³-hybridized carbons (Fsp3) is 0.400. The van der Waals surface area contributed by atoms with Gasteiger partial charge in [-0.1, -0.05) is 33.6 Å². The van der Waals surface area contributed by atoms with Crippen LogP contribution in [0.2, 0.25) is 0 Å². The highest BCUT2D eigenvalue weighted by molar-refractivity contribution is 9.08. The zero-order chi connectivity index (χ0) is 9.68. The zero-order valence-electron chi connectivity index (χ0n) is 7.52. The first-order chi connectivity index (χ1) is 6.27. The molecule has 0 spiro atoms. The summed E-state index contributed by atoms with van der Waals surface area (Å²) in [6.07, 6.45) is 0. The maximum atomic E-state index is 11.9. The first-order valence-corrected chi connectivity index (χ1v) is 5.24. The molecule has 0 saturated carbocycles. The highest BCUT2D eigenvalue weighted by Gasteiger charge is 2.01. The molecule has 1 nitrogen and oxygen atoms in total. The van der Waals surface area contributed by atoms with Crippen LogP contribution < -0.4 is 4.74 Å². The Bertz CT molecular complexity index is 276. The van der Waals surface area contributed by atoms with Crippen LogP contribution in [0.4, 0.5) is 4.39 Å². The Labute approximate surface area is 86.0 Å². The third-order valence-electron chi connectivity index (χ3n) is 1.69. The molecule has 0 N–H and O–H groups in total. The fourth-order valence-electron chi connectivity index (χ4n) is 1.10. The van der Waals surface area contributed by atoms with Crippen molar-refractivity contribution in [3.63, 3.8) is 0 Å². The molecule has 13 heavy (non-hydrogen) atoms. The molecule has 0 amide bonds. The Kier molecular flexibility index (Phi) is 4.22. The Morgan fingerprint density at radius 3 is 2.85 bits per heavy atom. The summed E-state index contributed by atoms with van der Waals surface area (Å²) in [6.45, 7) is 1.70. The van der Waals surface area contributed by atoms with E-state index in [1.54, 1.807) is 0 Å². The first-order valence-electron chi connectivity index (χ1n) is 4.12. The minimum atomic E-state index is -0.449. The number of aryl methyl sites for hydroxylation is 1. The summed E-state index contributed by atoms with van der Waals surface area (Å²) >= 11 is 3.36. The zero-order valence-corrected chi connectivity index (χ0v) is 9.10. The number of benzene rings is 1. The fourth-order valence-corrected chi connectivity index (χ4v) is 1.54. The molecule has 0 aromatic heterocycles. The molecular formula is C10H12BrFO. The van der Waals surface area contributed by atoms with Crippen molar-refractivity contribution in [1.82, 2.24) is 0 Å². The van der Waals surface area contributed by atoms with Gasteiger partial charge in [0.2, 0.25) is 0 Å². The molecule has 0 radical (unpaired) electrons. The standard InChI is InChI=1S/C10H12BrFO/c1-8-2-3-10(13-5-4-12)9(6-8)7-11/h2-3,6H,4-5,7H2,1H3. The normalized spacial score (nSPS) is 10.1. The van der Waals surface area contributed by atoms with E-state index in [2.05, 4.69) is 15.9 Å². The summed E-state index contributed by atoms with van der Waals surface area (Å²) in [5, 5.41) is 0.732. The maximum Gasteiger partial charge on any atom is 0.123 e. The molecule has 1 aromatic rings. The van der Waals surface area contributed by atoms with Crippen molar-refractivity contribution in [3.8, 4) is 5.75 Å². The molecule has 0 aliphatic heterocycles. The van der Waals surface area contributed by atoms with E-state index in [0.717, 1.165) is 16.6 Å². The third-order valence-corrected chi connectivity index (χ3v) is 2.30. The first kappa shape index (κ1) is 10.5. The monoisotopic (exact) mass is 246 g/mol. The van der Waals surface area contributed by atoms with E-state index in [1.807, 2.05) is 25.1 Å². The van der Waals surface area contributed by atoms with Gasteiger partial charge < -0.3 is 4.74 Å². The van der Waals surface area contributed by atoms with E-state index in [0.29, 0.717) is 0 Å². The molecule has 0 aliphatic carbocycles. The van der Waals surface area contributed by atoms with Gasteiger partial charge in [0, 0.05) is 10.9 Å². The molecule has 3 heteroatoms. The lowest BCUT2D eigenvalue weighted by atomic mass is 10.1. The van der Waals surface area contributed by atoms with E-state index in [4.69, 9.17) is 4.74 Å². The van der Waals surface area contributed by atoms with Crippen molar-refractivity contribution in [1.29, 1.82) is 0 Å². The average molecular weight is 247 g/mol. The van der Waals surface area contributed by atoms with Gasteiger partial charge in [-0.2, -0.15) is 0 Å². The molecule has 72 valence electrons.